The molecule has 0 aliphatic rings. The van der Waals surface area contributed by atoms with Crippen LogP contribution >= 0.6 is 22.9 Å². The quantitative estimate of drug-likeness (QED) is 0.0998. The fourth-order valence-corrected chi connectivity index (χ4v) is 4.64. The van der Waals surface area contributed by atoms with Crippen LogP contribution in [0.2, 0.25) is 5.02 Å². The number of halogens is 1. The number of aryl methyl sites for hydroxylation is 2. The second-order valence-corrected chi connectivity index (χ2v) is 9.91. The molecule has 0 saturated carbocycles. The van der Waals surface area contributed by atoms with Gasteiger partial charge in [0, 0.05) is 30.4 Å². The summed E-state index contributed by atoms with van der Waals surface area (Å²) >= 11 is 7.47. The third-order valence-electron chi connectivity index (χ3n) is 5.49. The average molecular weight is 545 g/mol. The number of thiazole rings is 1. The largest absolute Gasteiger partial charge is 0.316 e. The molecule has 0 unspecified atom stereocenters. The highest BCUT2D eigenvalue weighted by Crippen LogP contribution is 2.26. The molecule has 0 aliphatic carbocycles. The van der Waals surface area contributed by atoms with Crippen LogP contribution in [0.15, 0.2) is 30.5 Å². The summed E-state index contributed by atoms with van der Waals surface area (Å²) in [5.41, 5.74) is 3.36. The lowest BCUT2D eigenvalue weighted by molar-refractivity contribution is -0.129. The van der Waals surface area contributed by atoms with Crippen LogP contribution < -0.4 is 16.1 Å². The first-order valence-electron chi connectivity index (χ1n) is 11.8. The number of hydrogen-bond donors (Lipinski definition) is 4. The summed E-state index contributed by atoms with van der Waals surface area (Å²) in [5, 5.41) is 15.4. The van der Waals surface area contributed by atoms with Crippen LogP contribution in [0.25, 0.3) is 0 Å². The fourth-order valence-electron chi connectivity index (χ4n) is 3.59. The van der Waals surface area contributed by atoms with Crippen LogP contribution in [0.5, 0.6) is 0 Å². The van der Waals surface area contributed by atoms with Gasteiger partial charge in [-0.25, -0.2) is 20.4 Å². The maximum atomic E-state index is 12.8. The van der Waals surface area contributed by atoms with Crippen LogP contribution in [-0.2, 0) is 16.0 Å². The topological polar surface area (TPSA) is 146 Å². The summed E-state index contributed by atoms with van der Waals surface area (Å²) in [6.45, 7) is 3.64. The lowest BCUT2D eigenvalue weighted by Gasteiger charge is -2.08. The molecule has 2 amide bonds. The molecule has 2 aromatic heterocycles. The van der Waals surface area contributed by atoms with Crippen molar-refractivity contribution < 1.29 is 19.6 Å². The van der Waals surface area contributed by atoms with Crippen molar-refractivity contribution in [3.63, 3.8) is 0 Å². The van der Waals surface area contributed by atoms with E-state index in [1.54, 1.807) is 24.5 Å². The first-order chi connectivity index (χ1) is 17.7. The van der Waals surface area contributed by atoms with Crippen molar-refractivity contribution in [3.8, 4) is 0 Å². The maximum absolute atomic E-state index is 12.8. The van der Waals surface area contributed by atoms with E-state index in [1.807, 2.05) is 19.1 Å². The van der Waals surface area contributed by atoms with Gasteiger partial charge in [0.05, 0.1) is 11.1 Å². The van der Waals surface area contributed by atoms with E-state index in [4.69, 9.17) is 16.8 Å². The number of hydroxylamine groups is 1. The van der Waals surface area contributed by atoms with Gasteiger partial charge in [-0.2, -0.15) is 0 Å². The highest BCUT2D eigenvalue weighted by Gasteiger charge is 2.15. The third kappa shape index (κ3) is 8.88. The number of ketones is 1. The van der Waals surface area contributed by atoms with E-state index in [0.29, 0.717) is 51.8 Å². The zero-order valence-corrected chi connectivity index (χ0v) is 22.2. The Hall–Kier alpha value is -3.41. The minimum atomic E-state index is -0.408. The highest BCUT2D eigenvalue weighted by molar-refractivity contribution is 7.17. The van der Waals surface area contributed by atoms with E-state index in [-0.39, 0.29) is 24.5 Å². The summed E-state index contributed by atoms with van der Waals surface area (Å²) in [7, 11) is 0. The minimum Gasteiger partial charge on any atom is -0.316 e. The Labute approximate surface area is 223 Å². The van der Waals surface area contributed by atoms with Crippen molar-refractivity contribution in [2.45, 2.75) is 58.8 Å². The third-order valence-corrected chi connectivity index (χ3v) is 6.80. The molecule has 12 heteroatoms. The van der Waals surface area contributed by atoms with E-state index in [2.05, 4.69) is 25.6 Å². The standard InChI is InChI=1S/C25H29ClN6O4S/c1-15-8-7-9-18(26)17(15)12-19(33)20-14-27-25(37-20)31-22-13-21(28-16(2)29-22)30-23(34)10-5-3-4-6-11-24(35)32-36/h7-9,13-14,36H,3-6,10-12H2,1-2H3,(H,32,35)(H2,27,28,29,30,31,34). The van der Waals surface area contributed by atoms with Gasteiger partial charge in [0.25, 0.3) is 0 Å². The highest BCUT2D eigenvalue weighted by atomic mass is 35.5. The summed E-state index contributed by atoms with van der Waals surface area (Å²) in [6, 6.07) is 7.15. The summed E-state index contributed by atoms with van der Waals surface area (Å²) in [5.74, 6) is 0.611. The number of anilines is 3. The van der Waals surface area contributed by atoms with Gasteiger partial charge in [0.15, 0.2) is 10.9 Å². The molecule has 0 radical (unpaired) electrons. The number of carbonyl (C=O) groups excluding carboxylic acids is 3. The number of Topliss-reactive ketones (excluding diaryl/α,β-unsaturated/α-hetero) is 1. The molecular formula is C25H29ClN6O4S. The Bertz CT molecular complexity index is 1250. The van der Waals surface area contributed by atoms with Crippen molar-refractivity contribution in [3.05, 3.63) is 57.3 Å². The van der Waals surface area contributed by atoms with Gasteiger partial charge in [0.1, 0.15) is 17.5 Å². The number of carbonyl (C=O) groups is 3. The number of benzene rings is 1. The Morgan fingerprint density at radius 1 is 1.00 bits per heavy atom. The zero-order chi connectivity index (χ0) is 26.8. The zero-order valence-electron chi connectivity index (χ0n) is 20.6. The Morgan fingerprint density at radius 2 is 1.70 bits per heavy atom. The number of unbranched alkanes of at least 4 members (excludes halogenated alkanes) is 3. The molecule has 3 aromatic rings. The van der Waals surface area contributed by atoms with E-state index in [9.17, 15) is 14.4 Å². The molecule has 196 valence electrons. The first-order valence-corrected chi connectivity index (χ1v) is 13.0. The fraction of sp³-hybridized carbons (Fsp3) is 0.360. The number of nitrogens with zero attached hydrogens (tertiary/aromatic N) is 3. The molecular weight excluding hydrogens is 516 g/mol. The SMILES string of the molecule is Cc1nc(NC(=O)CCCCCCC(=O)NO)cc(Nc2ncc(C(=O)Cc3c(C)cccc3Cl)s2)n1. The number of aromatic nitrogens is 3. The van der Waals surface area contributed by atoms with Gasteiger partial charge >= 0.3 is 0 Å². The molecule has 3 rings (SSSR count). The van der Waals surface area contributed by atoms with Crippen molar-refractivity contribution in [1.82, 2.24) is 20.4 Å². The Balaban J connectivity index is 1.52. The molecule has 0 spiro atoms. The molecule has 0 atom stereocenters. The van der Waals surface area contributed by atoms with Crippen LogP contribution in [0.3, 0.4) is 0 Å². The molecule has 0 saturated heterocycles. The molecule has 37 heavy (non-hydrogen) atoms. The summed E-state index contributed by atoms with van der Waals surface area (Å²) < 4.78 is 0. The van der Waals surface area contributed by atoms with Gasteiger partial charge in [-0.3, -0.25) is 19.6 Å². The predicted octanol–water partition coefficient (Wildman–Crippen LogP) is 5.16. The van der Waals surface area contributed by atoms with Gasteiger partial charge in [-0.1, -0.05) is 47.9 Å². The van der Waals surface area contributed by atoms with Crippen LogP contribution in [-0.4, -0.2) is 37.8 Å². The van der Waals surface area contributed by atoms with Crippen molar-refractivity contribution in [2.24, 2.45) is 0 Å². The van der Waals surface area contributed by atoms with Crippen molar-refractivity contribution >= 4 is 57.3 Å². The molecule has 0 aliphatic heterocycles. The second kappa shape index (κ2) is 13.8. The van der Waals surface area contributed by atoms with E-state index >= 15 is 0 Å². The van der Waals surface area contributed by atoms with Crippen molar-refractivity contribution in [2.75, 3.05) is 10.6 Å². The molecule has 1 aromatic carbocycles. The molecule has 10 nitrogen and oxygen atoms in total. The molecule has 4 N–H and O–H groups in total. The maximum Gasteiger partial charge on any atom is 0.243 e. The lowest BCUT2D eigenvalue weighted by atomic mass is 10.0. The van der Waals surface area contributed by atoms with Crippen LogP contribution in [0.4, 0.5) is 16.8 Å². The molecule has 2 heterocycles. The van der Waals surface area contributed by atoms with E-state index < -0.39 is 5.91 Å². The number of rotatable bonds is 13. The Morgan fingerprint density at radius 3 is 2.41 bits per heavy atom. The number of hydrogen-bond acceptors (Lipinski definition) is 9. The van der Waals surface area contributed by atoms with Crippen LogP contribution in [0, 0.1) is 13.8 Å². The van der Waals surface area contributed by atoms with E-state index in [1.165, 1.54) is 17.5 Å². The monoisotopic (exact) mass is 544 g/mol. The molecule has 0 bridgehead atoms. The van der Waals surface area contributed by atoms with E-state index in [0.717, 1.165) is 24.0 Å². The normalized spacial score (nSPS) is 10.7. The van der Waals surface area contributed by atoms with Crippen molar-refractivity contribution in [1.29, 1.82) is 0 Å². The van der Waals surface area contributed by atoms with Crippen LogP contribution in [0.1, 0.15) is 65.1 Å². The smallest absolute Gasteiger partial charge is 0.243 e. The first kappa shape index (κ1) is 28.2. The van der Waals surface area contributed by atoms with Gasteiger partial charge in [-0.05, 0) is 43.9 Å². The predicted molar refractivity (Wildman–Crippen MR) is 143 cm³/mol. The molecule has 0 fully saturated rings. The Kier molecular flexibility index (Phi) is 10.5. The summed E-state index contributed by atoms with van der Waals surface area (Å²) in [6.07, 6.45) is 5.20. The second-order valence-electron chi connectivity index (χ2n) is 8.47. The minimum absolute atomic E-state index is 0.0785. The summed E-state index contributed by atoms with van der Waals surface area (Å²) in [4.78, 5) is 49.5. The number of nitrogens with one attached hydrogen (secondary N) is 3. The van der Waals surface area contributed by atoms with Gasteiger partial charge in [0.2, 0.25) is 11.8 Å². The average Bonchev–Trinajstić information content (AvgIpc) is 3.31. The van der Waals surface area contributed by atoms with Gasteiger partial charge < -0.3 is 10.6 Å². The lowest BCUT2D eigenvalue weighted by Crippen LogP contribution is -2.17. The van der Waals surface area contributed by atoms with Gasteiger partial charge in [-0.15, -0.1) is 0 Å². The number of amides is 2.